The molecule has 0 radical (unpaired) electrons. The van der Waals surface area contributed by atoms with Crippen LogP contribution in [-0.2, 0) is 16.1 Å². The number of rotatable bonds is 6. The van der Waals surface area contributed by atoms with Crippen molar-refractivity contribution < 1.29 is 23.8 Å². The van der Waals surface area contributed by atoms with Gasteiger partial charge >= 0.3 is 12.1 Å². The zero-order chi connectivity index (χ0) is 14.3. The Balaban J connectivity index is 2.52. The van der Waals surface area contributed by atoms with Crippen molar-refractivity contribution in [3.05, 3.63) is 35.9 Å². The SMILES string of the molecule is CC(CCF)(NC(=O)OCc1ccccc1)C(=O)O. The van der Waals surface area contributed by atoms with Gasteiger partial charge in [0.15, 0.2) is 0 Å². The molecule has 5 nitrogen and oxygen atoms in total. The highest BCUT2D eigenvalue weighted by atomic mass is 19.1. The van der Waals surface area contributed by atoms with E-state index in [-0.39, 0.29) is 13.0 Å². The van der Waals surface area contributed by atoms with E-state index in [9.17, 15) is 14.0 Å². The van der Waals surface area contributed by atoms with Crippen LogP contribution in [0.5, 0.6) is 0 Å². The van der Waals surface area contributed by atoms with Crippen LogP contribution in [-0.4, -0.2) is 29.4 Å². The quantitative estimate of drug-likeness (QED) is 0.829. The lowest BCUT2D eigenvalue weighted by Gasteiger charge is -2.24. The second-order valence-corrected chi connectivity index (χ2v) is 4.26. The minimum atomic E-state index is -1.66. The van der Waals surface area contributed by atoms with Gasteiger partial charge in [0.2, 0.25) is 0 Å². The summed E-state index contributed by atoms with van der Waals surface area (Å²) in [4.78, 5) is 22.5. The summed E-state index contributed by atoms with van der Waals surface area (Å²) < 4.78 is 17.2. The van der Waals surface area contributed by atoms with Gasteiger partial charge in [-0.3, -0.25) is 4.39 Å². The van der Waals surface area contributed by atoms with Gasteiger partial charge in [-0.25, -0.2) is 9.59 Å². The molecule has 0 aliphatic carbocycles. The molecule has 0 aliphatic heterocycles. The van der Waals surface area contributed by atoms with E-state index in [1.54, 1.807) is 24.3 Å². The molecule has 104 valence electrons. The van der Waals surface area contributed by atoms with Crippen LogP contribution in [0.2, 0.25) is 0 Å². The van der Waals surface area contributed by atoms with Crippen molar-refractivity contribution in [1.29, 1.82) is 0 Å². The molecular weight excluding hydrogens is 253 g/mol. The maximum Gasteiger partial charge on any atom is 0.408 e. The fourth-order valence-corrected chi connectivity index (χ4v) is 1.40. The number of carbonyl (C=O) groups is 2. The molecule has 6 heteroatoms. The zero-order valence-corrected chi connectivity index (χ0v) is 10.6. The molecule has 0 bridgehead atoms. The molecule has 0 heterocycles. The molecule has 1 unspecified atom stereocenters. The van der Waals surface area contributed by atoms with Crippen LogP contribution in [0.4, 0.5) is 9.18 Å². The molecule has 0 saturated heterocycles. The van der Waals surface area contributed by atoms with Crippen molar-refractivity contribution in [2.45, 2.75) is 25.5 Å². The first-order chi connectivity index (χ1) is 8.98. The lowest BCUT2D eigenvalue weighted by Crippen LogP contribution is -2.52. The number of amides is 1. The van der Waals surface area contributed by atoms with E-state index in [2.05, 4.69) is 5.32 Å². The molecule has 0 aliphatic rings. The number of alkyl halides is 1. The number of alkyl carbamates (subject to hydrolysis) is 1. The van der Waals surface area contributed by atoms with Gasteiger partial charge in [0.1, 0.15) is 12.1 Å². The molecule has 1 aromatic rings. The van der Waals surface area contributed by atoms with E-state index in [0.29, 0.717) is 0 Å². The highest BCUT2D eigenvalue weighted by Crippen LogP contribution is 2.11. The van der Waals surface area contributed by atoms with Gasteiger partial charge in [-0.05, 0) is 12.5 Å². The predicted octanol–water partition coefficient (Wildman–Crippen LogP) is 2.12. The first-order valence-corrected chi connectivity index (χ1v) is 5.76. The summed E-state index contributed by atoms with van der Waals surface area (Å²) in [6.07, 6.45) is -1.20. The number of hydrogen-bond acceptors (Lipinski definition) is 3. The van der Waals surface area contributed by atoms with Crippen LogP contribution in [0.15, 0.2) is 30.3 Å². The fraction of sp³-hybridized carbons (Fsp3) is 0.385. The Hall–Kier alpha value is -2.11. The van der Waals surface area contributed by atoms with Crippen LogP contribution >= 0.6 is 0 Å². The lowest BCUT2D eigenvalue weighted by atomic mass is 9.99. The fourth-order valence-electron chi connectivity index (χ4n) is 1.40. The first-order valence-electron chi connectivity index (χ1n) is 5.76. The van der Waals surface area contributed by atoms with Gasteiger partial charge in [0.25, 0.3) is 0 Å². The smallest absolute Gasteiger partial charge is 0.408 e. The molecule has 1 rings (SSSR count). The van der Waals surface area contributed by atoms with Crippen molar-refractivity contribution >= 4 is 12.1 Å². The second kappa shape index (κ2) is 6.72. The van der Waals surface area contributed by atoms with Gasteiger partial charge in [0.05, 0.1) is 6.67 Å². The molecular formula is C13H16FNO4. The topological polar surface area (TPSA) is 75.6 Å². The molecule has 1 amide bonds. The molecule has 0 fully saturated rings. The number of ether oxygens (including phenoxy) is 1. The van der Waals surface area contributed by atoms with Gasteiger partial charge in [-0.15, -0.1) is 0 Å². The Morgan fingerprint density at radius 3 is 2.53 bits per heavy atom. The molecule has 1 aromatic carbocycles. The summed E-state index contributed by atoms with van der Waals surface area (Å²) in [5.74, 6) is -1.30. The van der Waals surface area contributed by atoms with Crippen molar-refractivity contribution in [2.75, 3.05) is 6.67 Å². The minimum absolute atomic E-state index is 0.0258. The summed E-state index contributed by atoms with van der Waals surface area (Å²) in [5.41, 5.74) is -0.886. The summed E-state index contributed by atoms with van der Waals surface area (Å²) in [6.45, 7) is 0.415. The Bertz CT molecular complexity index is 438. The van der Waals surface area contributed by atoms with Gasteiger partial charge in [-0.2, -0.15) is 0 Å². The van der Waals surface area contributed by atoms with Crippen LogP contribution in [0.1, 0.15) is 18.9 Å². The highest BCUT2D eigenvalue weighted by Gasteiger charge is 2.35. The Morgan fingerprint density at radius 2 is 2.00 bits per heavy atom. The normalized spacial score (nSPS) is 13.4. The highest BCUT2D eigenvalue weighted by molar-refractivity contribution is 5.83. The Kier molecular flexibility index (Phi) is 5.29. The first kappa shape index (κ1) is 14.9. The third-order valence-corrected chi connectivity index (χ3v) is 2.66. The summed E-state index contributed by atoms with van der Waals surface area (Å²) in [7, 11) is 0. The Labute approximate surface area is 110 Å². The van der Waals surface area contributed by atoms with Gasteiger partial charge < -0.3 is 15.2 Å². The van der Waals surface area contributed by atoms with Crippen LogP contribution in [0.3, 0.4) is 0 Å². The molecule has 1 atom stereocenters. The number of halogens is 1. The lowest BCUT2D eigenvalue weighted by molar-refractivity contribution is -0.144. The van der Waals surface area contributed by atoms with Crippen molar-refractivity contribution in [2.24, 2.45) is 0 Å². The van der Waals surface area contributed by atoms with E-state index in [1.165, 1.54) is 6.92 Å². The zero-order valence-electron chi connectivity index (χ0n) is 10.6. The molecule has 19 heavy (non-hydrogen) atoms. The number of hydrogen-bond donors (Lipinski definition) is 2. The number of nitrogens with one attached hydrogen (secondary N) is 1. The number of carboxylic acid groups (broad SMARTS) is 1. The largest absolute Gasteiger partial charge is 0.480 e. The van der Waals surface area contributed by atoms with E-state index in [4.69, 9.17) is 9.84 Å². The molecule has 0 saturated carbocycles. The van der Waals surface area contributed by atoms with Crippen LogP contribution in [0.25, 0.3) is 0 Å². The average Bonchev–Trinajstić information content (AvgIpc) is 2.37. The third-order valence-electron chi connectivity index (χ3n) is 2.66. The Morgan fingerprint density at radius 1 is 1.37 bits per heavy atom. The number of aliphatic carboxylic acids is 1. The minimum Gasteiger partial charge on any atom is -0.480 e. The van der Waals surface area contributed by atoms with E-state index in [1.807, 2.05) is 6.07 Å². The maximum atomic E-state index is 12.3. The predicted molar refractivity (Wildman–Crippen MR) is 66.4 cm³/mol. The standard InChI is InChI=1S/C13H16FNO4/c1-13(7-8-14,11(16)17)15-12(18)19-9-10-5-3-2-4-6-10/h2-6H,7-9H2,1H3,(H,15,18)(H,16,17). The average molecular weight is 269 g/mol. The van der Waals surface area contributed by atoms with E-state index >= 15 is 0 Å². The van der Waals surface area contributed by atoms with Crippen LogP contribution in [0, 0.1) is 0 Å². The van der Waals surface area contributed by atoms with Crippen molar-refractivity contribution in [3.63, 3.8) is 0 Å². The summed E-state index contributed by atoms with van der Waals surface area (Å²) >= 11 is 0. The summed E-state index contributed by atoms with van der Waals surface area (Å²) in [5, 5.41) is 11.1. The summed E-state index contributed by atoms with van der Waals surface area (Å²) in [6, 6.07) is 8.95. The van der Waals surface area contributed by atoms with Crippen LogP contribution < -0.4 is 5.32 Å². The second-order valence-electron chi connectivity index (χ2n) is 4.26. The van der Waals surface area contributed by atoms with E-state index in [0.717, 1.165) is 5.56 Å². The molecule has 2 N–H and O–H groups in total. The number of carbonyl (C=O) groups excluding carboxylic acids is 1. The van der Waals surface area contributed by atoms with Gasteiger partial charge in [0, 0.05) is 6.42 Å². The third kappa shape index (κ3) is 4.57. The number of benzene rings is 1. The van der Waals surface area contributed by atoms with Crippen molar-refractivity contribution in [3.8, 4) is 0 Å². The van der Waals surface area contributed by atoms with E-state index < -0.39 is 24.3 Å². The van der Waals surface area contributed by atoms with Gasteiger partial charge in [-0.1, -0.05) is 30.3 Å². The van der Waals surface area contributed by atoms with Crippen molar-refractivity contribution in [1.82, 2.24) is 5.32 Å². The maximum absolute atomic E-state index is 12.3. The number of carboxylic acids is 1. The monoisotopic (exact) mass is 269 g/mol. The molecule has 0 aromatic heterocycles. The molecule has 0 spiro atoms.